The van der Waals surface area contributed by atoms with E-state index in [0.29, 0.717) is 12.1 Å². The molecule has 1 aliphatic rings. The molecule has 30 heavy (non-hydrogen) atoms. The Kier molecular flexibility index (Phi) is 5.19. The zero-order valence-electron chi connectivity index (χ0n) is 16.0. The smallest absolute Gasteiger partial charge is 0.266 e. The Hall–Kier alpha value is -2.30. The van der Waals surface area contributed by atoms with Crippen LogP contribution in [0.15, 0.2) is 41.6 Å². The molecule has 0 radical (unpaired) electrons. The number of aromatic nitrogens is 2. The highest BCUT2D eigenvalue weighted by molar-refractivity contribution is 7.93. The molecule has 4 rings (SSSR count). The minimum Gasteiger partial charge on any atom is -0.366 e. The van der Waals surface area contributed by atoms with Crippen LogP contribution in [0.25, 0.3) is 0 Å². The second-order valence-corrected chi connectivity index (χ2v) is 10.5. The first-order valence-electron chi connectivity index (χ1n) is 8.89. The van der Waals surface area contributed by atoms with E-state index in [1.165, 1.54) is 18.5 Å². The fourth-order valence-corrected chi connectivity index (χ4v) is 5.64. The van der Waals surface area contributed by atoms with Gasteiger partial charge in [-0.05, 0) is 41.5 Å². The summed E-state index contributed by atoms with van der Waals surface area (Å²) in [5.74, 6) is -1.24. The molecule has 0 unspecified atom stereocenters. The van der Waals surface area contributed by atoms with Crippen molar-refractivity contribution in [2.75, 3.05) is 16.2 Å². The maximum atomic E-state index is 14.8. The van der Waals surface area contributed by atoms with Gasteiger partial charge in [0.15, 0.2) is 0 Å². The van der Waals surface area contributed by atoms with E-state index in [9.17, 15) is 17.2 Å². The number of nitrogens with zero attached hydrogens (tertiary/aromatic N) is 3. The Morgan fingerprint density at radius 2 is 2.03 bits per heavy atom. The van der Waals surface area contributed by atoms with Gasteiger partial charge in [0.05, 0.1) is 0 Å². The molecule has 1 N–H and O–H groups in total. The molecule has 0 saturated heterocycles. The van der Waals surface area contributed by atoms with Gasteiger partial charge >= 0.3 is 0 Å². The van der Waals surface area contributed by atoms with Crippen molar-refractivity contribution in [3.05, 3.63) is 64.4 Å². The lowest BCUT2D eigenvalue weighted by Crippen LogP contribution is -2.28. The highest BCUT2D eigenvalue weighted by atomic mass is 35.5. The number of fused-ring (bicyclic) bond motifs is 1. The maximum absolute atomic E-state index is 14.8. The van der Waals surface area contributed by atoms with Crippen LogP contribution in [-0.2, 0) is 22.0 Å². The second-order valence-electron chi connectivity index (χ2n) is 7.63. The van der Waals surface area contributed by atoms with Crippen molar-refractivity contribution in [2.24, 2.45) is 0 Å². The molecule has 0 aliphatic carbocycles. The van der Waals surface area contributed by atoms with Crippen molar-refractivity contribution < 1.29 is 17.2 Å². The topological polar surface area (TPSA) is 75.2 Å². The largest absolute Gasteiger partial charge is 0.366 e. The van der Waals surface area contributed by atoms with Crippen molar-refractivity contribution in [3.63, 3.8) is 0 Å². The van der Waals surface area contributed by atoms with Gasteiger partial charge in [-0.3, -0.25) is 4.72 Å². The molecule has 0 spiro atoms. The summed E-state index contributed by atoms with van der Waals surface area (Å²) in [5.41, 5.74) is 1.83. The van der Waals surface area contributed by atoms with Gasteiger partial charge in [-0.1, -0.05) is 25.4 Å². The molecule has 0 amide bonds. The third-order valence-corrected chi connectivity index (χ3v) is 7.36. The van der Waals surface area contributed by atoms with Crippen LogP contribution in [0.5, 0.6) is 0 Å². The molecule has 2 heterocycles. The van der Waals surface area contributed by atoms with Crippen LogP contribution < -0.4 is 9.62 Å². The van der Waals surface area contributed by atoms with Gasteiger partial charge in [0.2, 0.25) is 5.13 Å². The molecular weight excluding hydrogens is 454 g/mol. The standard InChI is InChI=1S/C19H17ClF2N4O2S2/c1-19(2)9-26(16-4-3-12(21)6-13(16)19)8-11-5-15(22)17(7-14(11)20)30(27,28)25-18-23-10-24-29-18/h3-7,10H,8-9H2,1-2H3,(H,23,24,25). The average molecular weight is 471 g/mol. The van der Waals surface area contributed by atoms with Gasteiger partial charge in [0, 0.05) is 40.7 Å². The minimum absolute atomic E-state index is 0.0257. The van der Waals surface area contributed by atoms with Crippen molar-refractivity contribution in [2.45, 2.75) is 30.7 Å². The van der Waals surface area contributed by atoms with Crippen LogP contribution in [0.1, 0.15) is 25.0 Å². The fraction of sp³-hybridized carbons (Fsp3) is 0.263. The quantitative estimate of drug-likeness (QED) is 0.591. The summed E-state index contributed by atoms with van der Waals surface area (Å²) in [7, 11) is -4.21. The van der Waals surface area contributed by atoms with Gasteiger partial charge < -0.3 is 4.90 Å². The molecule has 6 nitrogen and oxygen atoms in total. The minimum atomic E-state index is -4.21. The van der Waals surface area contributed by atoms with Crippen LogP contribution in [0.3, 0.4) is 0 Å². The number of nitrogens with one attached hydrogen (secondary N) is 1. The van der Waals surface area contributed by atoms with Crippen LogP contribution >= 0.6 is 23.1 Å². The number of sulfonamides is 1. The molecule has 11 heteroatoms. The number of rotatable bonds is 5. The van der Waals surface area contributed by atoms with Gasteiger partial charge in [0.1, 0.15) is 22.9 Å². The fourth-order valence-electron chi connectivity index (χ4n) is 3.61. The summed E-state index contributed by atoms with van der Waals surface area (Å²) >= 11 is 7.15. The maximum Gasteiger partial charge on any atom is 0.266 e. The van der Waals surface area contributed by atoms with Crippen LogP contribution in [0.2, 0.25) is 5.02 Å². The van der Waals surface area contributed by atoms with Crippen molar-refractivity contribution in [1.82, 2.24) is 9.36 Å². The molecule has 1 aliphatic heterocycles. The summed E-state index contributed by atoms with van der Waals surface area (Å²) in [4.78, 5) is 5.14. The normalized spacial score (nSPS) is 15.3. The van der Waals surface area contributed by atoms with Gasteiger partial charge in [-0.25, -0.2) is 22.2 Å². The lowest BCUT2D eigenvalue weighted by Gasteiger charge is -2.23. The number of benzene rings is 2. The molecule has 0 atom stereocenters. The van der Waals surface area contributed by atoms with Crippen LogP contribution in [0, 0.1) is 11.6 Å². The summed E-state index contributed by atoms with van der Waals surface area (Å²) in [6, 6.07) is 6.78. The van der Waals surface area contributed by atoms with Crippen LogP contribution in [-0.4, -0.2) is 24.3 Å². The predicted octanol–water partition coefficient (Wildman–Crippen LogP) is 4.57. The van der Waals surface area contributed by atoms with E-state index >= 15 is 0 Å². The first-order valence-corrected chi connectivity index (χ1v) is 11.5. The van der Waals surface area contributed by atoms with E-state index in [1.807, 2.05) is 18.7 Å². The highest BCUT2D eigenvalue weighted by Gasteiger charge is 2.35. The van der Waals surface area contributed by atoms with E-state index < -0.39 is 20.7 Å². The lowest BCUT2D eigenvalue weighted by molar-refractivity contribution is 0.542. The van der Waals surface area contributed by atoms with E-state index in [4.69, 9.17) is 11.6 Å². The number of anilines is 2. The number of halogens is 3. The average Bonchev–Trinajstić information content (AvgIpc) is 3.23. The van der Waals surface area contributed by atoms with Crippen LogP contribution in [0.4, 0.5) is 19.6 Å². The summed E-state index contributed by atoms with van der Waals surface area (Å²) in [6.07, 6.45) is 1.19. The Morgan fingerprint density at radius 1 is 1.27 bits per heavy atom. The Balaban J connectivity index is 1.64. The van der Waals surface area contributed by atoms with Gasteiger partial charge in [-0.2, -0.15) is 4.37 Å². The van der Waals surface area contributed by atoms with E-state index in [-0.39, 0.29) is 27.9 Å². The Bertz CT molecular complexity index is 1220. The summed E-state index contributed by atoms with van der Waals surface area (Å²) < 4.78 is 59.3. The highest BCUT2D eigenvalue weighted by Crippen LogP contribution is 2.42. The second kappa shape index (κ2) is 7.44. The molecule has 0 bridgehead atoms. The zero-order valence-corrected chi connectivity index (χ0v) is 18.4. The lowest BCUT2D eigenvalue weighted by atomic mass is 9.87. The van der Waals surface area contributed by atoms with Crippen molar-refractivity contribution >= 4 is 44.0 Å². The van der Waals surface area contributed by atoms with Crippen molar-refractivity contribution in [3.8, 4) is 0 Å². The molecule has 0 fully saturated rings. The summed E-state index contributed by atoms with van der Waals surface area (Å²) in [5, 5.41) is 0.139. The summed E-state index contributed by atoms with van der Waals surface area (Å²) in [6.45, 7) is 4.84. The third-order valence-electron chi connectivity index (χ3n) is 4.95. The van der Waals surface area contributed by atoms with Gasteiger partial charge in [-0.15, -0.1) is 0 Å². The number of hydrogen-bond donors (Lipinski definition) is 1. The molecule has 0 saturated carbocycles. The SMILES string of the molecule is CC1(C)CN(Cc2cc(F)c(S(=O)(=O)Nc3ncns3)cc2Cl)c2ccc(F)cc21. The zero-order chi connectivity index (χ0) is 21.7. The van der Waals surface area contributed by atoms with Crippen molar-refractivity contribution in [1.29, 1.82) is 0 Å². The Labute approximate surface area is 181 Å². The third kappa shape index (κ3) is 3.86. The predicted molar refractivity (Wildman–Crippen MR) is 113 cm³/mol. The van der Waals surface area contributed by atoms with E-state index in [2.05, 4.69) is 14.1 Å². The molecule has 2 aromatic carbocycles. The monoisotopic (exact) mass is 470 g/mol. The Morgan fingerprint density at radius 3 is 2.73 bits per heavy atom. The van der Waals surface area contributed by atoms with E-state index in [1.54, 1.807) is 6.07 Å². The number of hydrogen-bond acceptors (Lipinski definition) is 6. The first kappa shape index (κ1) is 21.0. The van der Waals surface area contributed by atoms with E-state index in [0.717, 1.165) is 34.9 Å². The molecule has 1 aromatic heterocycles. The molecular formula is C19H17ClF2N4O2S2. The van der Waals surface area contributed by atoms with Gasteiger partial charge in [0.25, 0.3) is 10.0 Å². The molecule has 3 aromatic rings. The first-order chi connectivity index (χ1) is 14.1. The molecule has 158 valence electrons.